The van der Waals surface area contributed by atoms with Crippen molar-refractivity contribution in [1.29, 1.82) is 0 Å². The van der Waals surface area contributed by atoms with E-state index in [0.29, 0.717) is 11.9 Å². The number of hydrogen-bond acceptors (Lipinski definition) is 7. The normalized spacial score (nSPS) is 13.7. The third kappa shape index (κ3) is 3.60. The maximum atomic E-state index is 14.3. The molecule has 31 heavy (non-hydrogen) atoms. The lowest BCUT2D eigenvalue weighted by Gasteiger charge is -2.27. The maximum absolute atomic E-state index is 14.3. The molecule has 1 atom stereocenters. The number of nitrogens with zero attached hydrogens (tertiary/aromatic N) is 6. The molecule has 160 valence electrons. The number of hydrogen-bond donors (Lipinski definition) is 2. The molecule has 2 N–H and O–H groups in total. The van der Waals surface area contributed by atoms with Gasteiger partial charge in [0.2, 0.25) is 11.8 Å². The lowest BCUT2D eigenvalue weighted by Crippen LogP contribution is -2.34. The van der Waals surface area contributed by atoms with Gasteiger partial charge >= 0.3 is 6.09 Å². The number of halogens is 2. The third-order valence-corrected chi connectivity index (χ3v) is 4.64. The summed E-state index contributed by atoms with van der Waals surface area (Å²) in [6.45, 7) is 1.17. The van der Waals surface area contributed by atoms with Crippen LogP contribution in [0.3, 0.4) is 0 Å². The number of amides is 2. The van der Waals surface area contributed by atoms with Gasteiger partial charge in [-0.15, -0.1) is 5.10 Å². The fourth-order valence-corrected chi connectivity index (χ4v) is 3.21. The van der Waals surface area contributed by atoms with Crippen molar-refractivity contribution in [2.24, 2.45) is 7.05 Å². The summed E-state index contributed by atoms with van der Waals surface area (Å²) in [6.07, 6.45) is -0.766. The molecule has 2 amide bonds. The summed E-state index contributed by atoms with van der Waals surface area (Å²) in [5.74, 6) is -2.05. The number of pyridine rings is 2. The van der Waals surface area contributed by atoms with E-state index in [9.17, 15) is 23.5 Å². The SMILES string of the molecule is CC(c1cc(F)ncc1F)N(C(=O)O)c1c(-c2ccc3c(n2)OCC(=O)N3)nnn1C. The van der Waals surface area contributed by atoms with Crippen molar-refractivity contribution < 1.29 is 28.2 Å². The molecule has 1 aliphatic rings. The highest BCUT2D eigenvalue weighted by atomic mass is 19.1. The van der Waals surface area contributed by atoms with Crippen molar-refractivity contribution in [1.82, 2.24) is 25.0 Å². The number of aromatic nitrogens is 5. The molecule has 4 rings (SSSR count). The second-order valence-electron chi connectivity index (χ2n) is 6.63. The minimum Gasteiger partial charge on any atom is -0.466 e. The zero-order valence-corrected chi connectivity index (χ0v) is 16.2. The number of carbonyl (C=O) groups excluding carboxylic acids is 1. The van der Waals surface area contributed by atoms with E-state index in [2.05, 4.69) is 25.6 Å². The lowest BCUT2D eigenvalue weighted by atomic mass is 10.1. The predicted octanol–water partition coefficient (Wildman–Crippen LogP) is 2.13. The molecular formula is C18H15F2N7O4. The van der Waals surface area contributed by atoms with E-state index in [4.69, 9.17) is 4.74 Å². The second kappa shape index (κ2) is 7.59. The summed E-state index contributed by atoms with van der Waals surface area (Å²) in [6, 6.07) is 2.70. The van der Waals surface area contributed by atoms with Gasteiger partial charge in [-0.1, -0.05) is 5.21 Å². The van der Waals surface area contributed by atoms with Crippen LogP contribution in [-0.2, 0) is 11.8 Å². The molecule has 0 fully saturated rings. The van der Waals surface area contributed by atoms with Gasteiger partial charge in [-0.2, -0.15) is 4.39 Å². The molecule has 11 nitrogen and oxygen atoms in total. The Bertz CT molecular complexity index is 1200. The maximum Gasteiger partial charge on any atom is 0.413 e. The number of nitrogens with one attached hydrogen (secondary N) is 1. The van der Waals surface area contributed by atoms with Crippen molar-refractivity contribution >= 4 is 23.5 Å². The monoisotopic (exact) mass is 431 g/mol. The molecule has 1 aliphatic heterocycles. The molecule has 0 saturated heterocycles. The molecule has 0 aliphatic carbocycles. The van der Waals surface area contributed by atoms with Gasteiger partial charge in [0.1, 0.15) is 11.5 Å². The van der Waals surface area contributed by atoms with Crippen molar-refractivity contribution in [3.8, 4) is 17.3 Å². The van der Waals surface area contributed by atoms with Crippen LogP contribution in [0.15, 0.2) is 24.4 Å². The molecule has 0 radical (unpaired) electrons. The van der Waals surface area contributed by atoms with Crippen molar-refractivity contribution in [3.63, 3.8) is 0 Å². The largest absolute Gasteiger partial charge is 0.466 e. The number of anilines is 2. The van der Waals surface area contributed by atoms with Crippen LogP contribution in [0, 0.1) is 11.8 Å². The zero-order chi connectivity index (χ0) is 22.3. The summed E-state index contributed by atoms with van der Waals surface area (Å²) in [7, 11) is 1.45. The van der Waals surface area contributed by atoms with Gasteiger partial charge in [-0.25, -0.2) is 23.8 Å². The van der Waals surface area contributed by atoms with E-state index in [1.165, 1.54) is 30.8 Å². The van der Waals surface area contributed by atoms with Crippen LogP contribution in [0.4, 0.5) is 25.1 Å². The summed E-state index contributed by atoms with van der Waals surface area (Å²) >= 11 is 0. The van der Waals surface area contributed by atoms with E-state index < -0.39 is 23.9 Å². The standard InChI is InChI=1S/C18H15F2N7O4/c1-8(9-5-13(20)21-6-10(9)19)27(18(29)30)17-15(24-25-26(17)2)11-3-4-12-16(23-11)31-7-14(28)22-12/h3-6,8H,7H2,1-2H3,(H,22,28)(H,29,30). The molecule has 3 aromatic rings. The fourth-order valence-electron chi connectivity index (χ4n) is 3.21. The summed E-state index contributed by atoms with van der Waals surface area (Å²) in [4.78, 5) is 31.9. The number of ether oxygens (including phenoxy) is 1. The van der Waals surface area contributed by atoms with Gasteiger partial charge < -0.3 is 15.2 Å². The van der Waals surface area contributed by atoms with Crippen LogP contribution in [0.1, 0.15) is 18.5 Å². The van der Waals surface area contributed by atoms with E-state index >= 15 is 0 Å². The average Bonchev–Trinajstić information content (AvgIpc) is 3.10. The number of carboxylic acid groups (broad SMARTS) is 1. The lowest BCUT2D eigenvalue weighted by molar-refractivity contribution is -0.118. The molecule has 3 aromatic heterocycles. The van der Waals surface area contributed by atoms with Gasteiger partial charge in [0, 0.05) is 18.7 Å². The van der Waals surface area contributed by atoms with Crippen molar-refractivity contribution in [2.45, 2.75) is 13.0 Å². The van der Waals surface area contributed by atoms with Crippen LogP contribution < -0.4 is 15.0 Å². The van der Waals surface area contributed by atoms with Gasteiger partial charge in [0.25, 0.3) is 5.91 Å². The van der Waals surface area contributed by atoms with Crippen LogP contribution >= 0.6 is 0 Å². The first kappa shape index (κ1) is 20.1. The Balaban J connectivity index is 1.80. The minimum absolute atomic E-state index is 0.0242. The van der Waals surface area contributed by atoms with Gasteiger partial charge in [-0.05, 0) is 19.1 Å². The van der Waals surface area contributed by atoms with Crippen LogP contribution in [0.2, 0.25) is 0 Å². The Morgan fingerprint density at radius 1 is 1.39 bits per heavy atom. The van der Waals surface area contributed by atoms with Gasteiger partial charge in [-0.3, -0.25) is 9.69 Å². The molecule has 13 heteroatoms. The Morgan fingerprint density at radius 3 is 2.90 bits per heavy atom. The summed E-state index contributed by atoms with van der Waals surface area (Å²) in [5, 5.41) is 20.3. The van der Waals surface area contributed by atoms with Crippen LogP contribution in [0.25, 0.3) is 11.4 Å². The smallest absolute Gasteiger partial charge is 0.413 e. The number of fused-ring (bicyclic) bond motifs is 1. The topological polar surface area (TPSA) is 135 Å². The molecular weight excluding hydrogens is 416 g/mol. The fraction of sp³-hybridized carbons (Fsp3) is 0.222. The highest BCUT2D eigenvalue weighted by Crippen LogP contribution is 2.36. The Hall–Kier alpha value is -4.16. The highest BCUT2D eigenvalue weighted by molar-refractivity contribution is 5.95. The second-order valence-corrected chi connectivity index (χ2v) is 6.63. The zero-order valence-electron chi connectivity index (χ0n) is 16.2. The van der Waals surface area contributed by atoms with Crippen LogP contribution in [-0.4, -0.2) is 48.7 Å². The molecule has 4 heterocycles. The Labute approximate surface area is 173 Å². The molecule has 0 aromatic carbocycles. The third-order valence-electron chi connectivity index (χ3n) is 4.64. The van der Waals surface area contributed by atoms with E-state index in [-0.39, 0.29) is 41.2 Å². The first-order chi connectivity index (χ1) is 14.8. The average molecular weight is 431 g/mol. The van der Waals surface area contributed by atoms with Gasteiger partial charge in [0.05, 0.1) is 17.9 Å². The molecule has 0 spiro atoms. The number of rotatable bonds is 4. The molecule has 0 saturated carbocycles. The highest BCUT2D eigenvalue weighted by Gasteiger charge is 2.32. The minimum atomic E-state index is -1.45. The number of aryl methyl sites for hydroxylation is 1. The first-order valence-corrected chi connectivity index (χ1v) is 8.93. The van der Waals surface area contributed by atoms with Crippen LogP contribution in [0.5, 0.6) is 5.88 Å². The van der Waals surface area contributed by atoms with E-state index in [1.807, 2.05) is 0 Å². The van der Waals surface area contributed by atoms with Gasteiger partial charge in [0.15, 0.2) is 18.1 Å². The molecule has 0 bridgehead atoms. The Kier molecular flexibility index (Phi) is 4.93. The predicted molar refractivity (Wildman–Crippen MR) is 101 cm³/mol. The summed E-state index contributed by atoms with van der Waals surface area (Å²) in [5.41, 5.74) is 0.405. The quantitative estimate of drug-likeness (QED) is 0.600. The van der Waals surface area contributed by atoms with Crippen molar-refractivity contribution in [3.05, 3.63) is 41.7 Å². The molecule has 1 unspecified atom stereocenters. The van der Waals surface area contributed by atoms with Crippen molar-refractivity contribution in [2.75, 3.05) is 16.8 Å². The Morgan fingerprint density at radius 2 is 2.16 bits per heavy atom. The van der Waals surface area contributed by atoms with E-state index in [1.54, 1.807) is 0 Å². The number of carbonyl (C=O) groups is 2. The summed E-state index contributed by atoms with van der Waals surface area (Å²) < 4.78 is 34.3. The first-order valence-electron chi connectivity index (χ1n) is 8.93. The van der Waals surface area contributed by atoms with E-state index in [0.717, 1.165) is 11.0 Å².